The van der Waals surface area contributed by atoms with Gasteiger partial charge in [0.1, 0.15) is 35.0 Å². The number of unbranched alkanes of at least 4 members (excludes halogenated alkanes) is 15. The summed E-state index contributed by atoms with van der Waals surface area (Å²) in [5, 5.41) is 70.9. The topological polar surface area (TPSA) is 505 Å². The minimum atomic E-state index is -5.00. The predicted molar refractivity (Wildman–Crippen MR) is 354 cm³/mol. The molecule has 0 heterocycles. The fourth-order valence-corrected chi connectivity index (χ4v) is 15.2. The lowest BCUT2D eigenvalue weighted by molar-refractivity contribution is 0.0684. The molecule has 5 aromatic carbocycles. The molecule has 0 saturated carbocycles. The first kappa shape index (κ1) is 82.0. The summed E-state index contributed by atoms with van der Waals surface area (Å²) >= 11 is -8.88. The number of phenols is 3. The normalized spacial score (nSPS) is 11.0. The van der Waals surface area contributed by atoms with E-state index in [4.69, 9.17) is 59.2 Å². The molecule has 0 aliphatic rings. The van der Waals surface area contributed by atoms with Crippen LogP contribution in [0.15, 0.2) is 93.5 Å². The maximum Gasteiger partial charge on any atom is 0.337 e. The number of phenolic OH excluding ortho intramolecular Hbond substituents is 3. The quantitative estimate of drug-likeness (QED) is 0.0111. The van der Waals surface area contributed by atoms with Crippen molar-refractivity contribution in [2.24, 2.45) is 0 Å². The Morgan fingerprint density at radius 3 is 1.19 bits per heavy atom. The fourth-order valence-electron chi connectivity index (χ4n) is 7.32. The van der Waals surface area contributed by atoms with Gasteiger partial charge in [0, 0.05) is 6.07 Å². The zero-order chi connectivity index (χ0) is 67.7. The lowest BCUT2D eigenvalue weighted by atomic mass is 10.0. The van der Waals surface area contributed by atoms with Crippen LogP contribution < -0.4 is 4.74 Å². The van der Waals surface area contributed by atoms with Crippen molar-refractivity contribution < 1.29 is 124 Å². The maximum atomic E-state index is 11.4. The second-order valence-corrected chi connectivity index (χ2v) is 30.0. The number of aromatic carboxylic acids is 5. The van der Waals surface area contributed by atoms with E-state index in [0.717, 1.165) is 49.2 Å². The Kier molecular flexibility index (Phi) is 38.9. The molecule has 89 heavy (non-hydrogen) atoms. The van der Waals surface area contributed by atoms with Crippen molar-refractivity contribution in [1.82, 2.24) is 0 Å². The number of ether oxygens (including phenoxy) is 1. The molecule has 0 atom stereocenters. The molecule has 28 nitrogen and oxygen atoms in total. The van der Waals surface area contributed by atoms with Gasteiger partial charge in [0.05, 0.1) is 54.9 Å². The Balaban J connectivity index is 0.000000583. The van der Waals surface area contributed by atoms with Crippen molar-refractivity contribution in [3.8, 4) is 23.0 Å². The van der Waals surface area contributed by atoms with E-state index in [1.165, 1.54) is 108 Å². The minimum Gasteiger partial charge on any atom is -0.508 e. The number of benzene rings is 5. The van der Waals surface area contributed by atoms with E-state index in [9.17, 15) is 64.6 Å². The molecule has 0 saturated heterocycles. The van der Waals surface area contributed by atoms with Gasteiger partial charge in [0.15, 0.2) is 106 Å². The van der Waals surface area contributed by atoms with Crippen LogP contribution in [-0.4, -0.2) is 116 Å². The van der Waals surface area contributed by atoms with Gasteiger partial charge < -0.3 is 45.6 Å². The van der Waals surface area contributed by atoms with E-state index in [2.05, 4.69) is 6.92 Å². The number of carboxylic acids is 5. The Hall–Kier alpha value is -4.97. The molecule has 494 valence electrons. The number of rotatable bonds is 31. The zero-order valence-electron chi connectivity index (χ0n) is 46.5. The first-order chi connectivity index (χ1) is 41.7. The van der Waals surface area contributed by atoms with Crippen molar-refractivity contribution in [2.75, 3.05) is 6.61 Å². The van der Waals surface area contributed by atoms with Gasteiger partial charge in [0.25, 0.3) is 30.4 Å². The van der Waals surface area contributed by atoms with E-state index in [1.807, 2.05) is 0 Å². The summed E-state index contributed by atoms with van der Waals surface area (Å²) in [7, 11) is -14.3. The molecular formula is C53H61I5O28S3. The lowest BCUT2D eigenvalue weighted by Gasteiger charge is -2.09. The van der Waals surface area contributed by atoms with Gasteiger partial charge in [-0.05, 0) is 73.2 Å². The van der Waals surface area contributed by atoms with Crippen LogP contribution in [0.5, 0.6) is 23.0 Å². The summed E-state index contributed by atoms with van der Waals surface area (Å²) < 4.78 is 151. The molecule has 0 spiro atoms. The number of carbonyl (C=O) groups is 5. The molecule has 11 N–H and O–H groups in total. The third-order valence-electron chi connectivity index (χ3n) is 11.6. The summed E-state index contributed by atoms with van der Waals surface area (Å²) in [6.07, 6.45) is 21.3. The van der Waals surface area contributed by atoms with Crippen LogP contribution in [0.4, 0.5) is 0 Å². The highest BCUT2D eigenvalue weighted by Gasteiger charge is 2.27. The molecule has 0 aromatic heterocycles. The molecular weight excluding hydrogens is 1820 g/mol. The number of hydrogen-bond donors (Lipinski definition) is 11. The largest absolute Gasteiger partial charge is 0.508 e. The lowest BCUT2D eigenvalue weighted by Crippen LogP contribution is -2.11. The molecule has 0 aliphatic heterocycles. The SMILES string of the molecule is CCCCCCCCCCCCCCCCCCOc1cccc(C(=O)O)c1I=O.O=Ic1c(C(=O)O)cc(S(=O)(=O)O)cc1S(=O)(=O)O.O=Ic1c(O)cc(O)cc1C(=O)O.O=Ic1ccc(O)cc1C(=O)O.O=Ic1ccc(S(=O)(=O)O)cc1C(=O)O. The summed E-state index contributed by atoms with van der Waals surface area (Å²) in [6, 6.07) is 14.2. The Morgan fingerprint density at radius 2 is 0.787 bits per heavy atom. The summed E-state index contributed by atoms with van der Waals surface area (Å²) in [4.78, 5) is 51.1. The van der Waals surface area contributed by atoms with Crippen LogP contribution in [0.3, 0.4) is 0 Å². The van der Waals surface area contributed by atoms with Crippen LogP contribution in [-0.2, 0) is 45.7 Å². The molecule has 5 aromatic rings. The van der Waals surface area contributed by atoms with Gasteiger partial charge in [-0.1, -0.05) is 109 Å². The van der Waals surface area contributed by atoms with Crippen molar-refractivity contribution >= 4 is 166 Å². The number of aromatic hydroxyl groups is 3. The smallest absolute Gasteiger partial charge is 0.337 e. The van der Waals surface area contributed by atoms with Crippen molar-refractivity contribution in [1.29, 1.82) is 0 Å². The molecule has 0 fully saturated rings. The molecule has 0 bridgehead atoms. The summed E-state index contributed by atoms with van der Waals surface area (Å²) in [5.41, 5.74) is -1.56. The minimum absolute atomic E-state index is 0.0775. The van der Waals surface area contributed by atoms with E-state index < -0.39 is 196 Å². The standard InChI is InChI=1S/C25H41IO4.C7H5IO9S2.C7H5IO6S.C7H5IO5.C7H5IO4/c1-2-3-4-5-6-7-8-9-10-11-12-13-14-15-16-17-21-30-23-20-18-19-22(25(27)28)24(23)26-29;9-7(10)4-1-3(18(12,13)14)2-5(6(4)8-11)19(15,16)17;9-7(10)5-3-4(15(12,13)14)1-2-6(5)8-11;9-3-1-4(7(11)12)6(8-13)5(10)2-3;9-4-1-2-6(8-12)5(3-4)7(10)11/h18-20H,2-17,21H2,1H3,(H,27,28);1-2H,(H,9,10)(H,12,13,14)(H,15,16,17);1-3H,(H,9,10)(H,12,13,14);1-2,9-10H,(H,11,12);1-3,9H,(H,10,11). The number of hydrogen-bond acceptors (Lipinski definition) is 20. The Bertz CT molecular complexity index is 3670. The second kappa shape index (κ2) is 42.2. The van der Waals surface area contributed by atoms with E-state index in [1.54, 1.807) is 12.1 Å². The van der Waals surface area contributed by atoms with Crippen molar-refractivity contribution in [2.45, 2.75) is 124 Å². The molecule has 0 unspecified atom stereocenters. The first-order valence-electron chi connectivity index (χ1n) is 25.7. The van der Waals surface area contributed by atoms with Gasteiger partial charge in [0.2, 0.25) is 0 Å². The molecule has 0 radical (unpaired) electrons. The second-order valence-electron chi connectivity index (χ2n) is 18.0. The van der Waals surface area contributed by atoms with Gasteiger partial charge in [-0.25, -0.2) is 24.0 Å². The van der Waals surface area contributed by atoms with Gasteiger partial charge in [-0.2, -0.15) is 25.3 Å². The third-order valence-corrected chi connectivity index (χ3v) is 22.1. The average molecular weight is 1880 g/mol. The maximum absolute atomic E-state index is 11.4. The highest BCUT2D eigenvalue weighted by molar-refractivity contribution is 14.2. The molecule has 36 heteroatoms. The van der Waals surface area contributed by atoms with Crippen LogP contribution >= 0.6 is 106 Å². The van der Waals surface area contributed by atoms with E-state index in [0.29, 0.717) is 31.6 Å². The monoisotopic (exact) mass is 1880 g/mol. The summed E-state index contributed by atoms with van der Waals surface area (Å²) in [6.45, 7) is 2.82. The highest BCUT2D eigenvalue weighted by atomic mass is 127. The molecule has 0 amide bonds. The van der Waals surface area contributed by atoms with Crippen LogP contribution in [0.2, 0.25) is 0 Å². The molecule has 0 aliphatic carbocycles. The van der Waals surface area contributed by atoms with Crippen molar-refractivity contribution in [3.05, 3.63) is 125 Å². The van der Waals surface area contributed by atoms with Crippen molar-refractivity contribution in [3.63, 3.8) is 0 Å². The first-order valence-corrected chi connectivity index (χ1v) is 39.8. The number of halogens is 5. The highest BCUT2D eigenvalue weighted by Crippen LogP contribution is 2.32. The van der Waals surface area contributed by atoms with Gasteiger partial charge in [-0.3, -0.25) is 29.0 Å². The Labute approximate surface area is 562 Å². The van der Waals surface area contributed by atoms with E-state index >= 15 is 0 Å². The van der Waals surface area contributed by atoms with Gasteiger partial charge in [-0.15, -0.1) is 0 Å². The third kappa shape index (κ3) is 30.3. The zero-order valence-corrected chi connectivity index (χ0v) is 59.7. The van der Waals surface area contributed by atoms with Crippen LogP contribution in [0.1, 0.15) is 161 Å². The van der Waals surface area contributed by atoms with Crippen LogP contribution in [0, 0.1) is 17.9 Å². The molecule has 5 rings (SSSR count). The van der Waals surface area contributed by atoms with Gasteiger partial charge >= 0.3 is 29.8 Å². The predicted octanol–water partition coefficient (Wildman–Crippen LogP) is 12.9. The number of carboxylic acid groups (broad SMARTS) is 5. The van der Waals surface area contributed by atoms with E-state index in [-0.39, 0.29) is 40.9 Å². The Morgan fingerprint density at radius 1 is 0.393 bits per heavy atom. The average Bonchev–Trinajstić information content (AvgIpc) is 2.59. The summed E-state index contributed by atoms with van der Waals surface area (Å²) in [5.74, 6) is -7.14. The fraction of sp³-hybridized carbons (Fsp3) is 0.340. The van der Waals surface area contributed by atoms with Crippen LogP contribution in [0.25, 0.3) is 0 Å².